The van der Waals surface area contributed by atoms with Gasteiger partial charge in [0, 0.05) is 30.2 Å². The summed E-state index contributed by atoms with van der Waals surface area (Å²) in [6.45, 7) is 4.74. The SMILES string of the molecule is CCC(O)(CC)CNC(=O)NCCCc1c[nH]c2ccccc12. The van der Waals surface area contributed by atoms with Gasteiger partial charge >= 0.3 is 6.03 Å². The van der Waals surface area contributed by atoms with E-state index in [0.29, 0.717) is 19.4 Å². The quantitative estimate of drug-likeness (QED) is 0.565. The first-order valence-corrected chi connectivity index (χ1v) is 8.37. The topological polar surface area (TPSA) is 77.2 Å². The van der Waals surface area contributed by atoms with Crippen LogP contribution in [-0.2, 0) is 6.42 Å². The van der Waals surface area contributed by atoms with E-state index >= 15 is 0 Å². The molecule has 0 spiro atoms. The number of hydrogen-bond donors (Lipinski definition) is 4. The summed E-state index contributed by atoms with van der Waals surface area (Å²) in [5.74, 6) is 0. The smallest absolute Gasteiger partial charge is 0.314 e. The van der Waals surface area contributed by atoms with E-state index in [1.165, 1.54) is 10.9 Å². The summed E-state index contributed by atoms with van der Waals surface area (Å²) in [6, 6.07) is 8.00. The average molecular weight is 317 g/mol. The van der Waals surface area contributed by atoms with E-state index in [0.717, 1.165) is 18.4 Å². The van der Waals surface area contributed by atoms with Gasteiger partial charge in [-0.05, 0) is 37.3 Å². The molecule has 2 amide bonds. The number of aromatic nitrogens is 1. The maximum atomic E-state index is 11.8. The maximum absolute atomic E-state index is 11.8. The van der Waals surface area contributed by atoms with Crippen LogP contribution in [0.4, 0.5) is 4.79 Å². The molecule has 0 aliphatic heterocycles. The lowest BCUT2D eigenvalue weighted by molar-refractivity contribution is 0.0349. The van der Waals surface area contributed by atoms with Gasteiger partial charge in [-0.15, -0.1) is 0 Å². The minimum absolute atomic E-state index is 0.218. The molecule has 5 nitrogen and oxygen atoms in total. The zero-order chi connectivity index (χ0) is 16.7. The fourth-order valence-corrected chi connectivity index (χ4v) is 2.63. The summed E-state index contributed by atoms with van der Waals surface area (Å²) in [5, 5.41) is 17.0. The van der Waals surface area contributed by atoms with E-state index in [9.17, 15) is 9.90 Å². The lowest BCUT2D eigenvalue weighted by atomic mass is 9.98. The van der Waals surface area contributed by atoms with Crippen molar-refractivity contribution < 1.29 is 9.90 Å². The molecule has 0 fully saturated rings. The summed E-state index contributed by atoms with van der Waals surface area (Å²) in [4.78, 5) is 15.0. The number of aryl methyl sites for hydroxylation is 1. The van der Waals surface area contributed by atoms with E-state index in [-0.39, 0.29) is 12.6 Å². The van der Waals surface area contributed by atoms with Gasteiger partial charge in [0.15, 0.2) is 0 Å². The molecule has 2 rings (SSSR count). The zero-order valence-corrected chi connectivity index (χ0v) is 14.0. The highest BCUT2D eigenvalue weighted by Crippen LogP contribution is 2.18. The predicted molar refractivity (Wildman–Crippen MR) is 93.6 cm³/mol. The van der Waals surface area contributed by atoms with Gasteiger partial charge in [0.2, 0.25) is 0 Å². The van der Waals surface area contributed by atoms with Crippen molar-refractivity contribution in [2.24, 2.45) is 0 Å². The Kier molecular flexibility index (Phi) is 6.04. The van der Waals surface area contributed by atoms with Crippen LogP contribution in [0.25, 0.3) is 10.9 Å². The monoisotopic (exact) mass is 317 g/mol. The second-order valence-corrected chi connectivity index (χ2v) is 6.00. The molecule has 2 aromatic rings. The van der Waals surface area contributed by atoms with Crippen LogP contribution in [0.5, 0.6) is 0 Å². The molecule has 0 saturated carbocycles. The van der Waals surface area contributed by atoms with Crippen molar-refractivity contribution in [2.75, 3.05) is 13.1 Å². The Bertz CT molecular complexity index is 632. The summed E-state index contributed by atoms with van der Waals surface area (Å²) >= 11 is 0. The molecule has 23 heavy (non-hydrogen) atoms. The van der Waals surface area contributed by atoms with Crippen molar-refractivity contribution in [2.45, 2.75) is 45.1 Å². The van der Waals surface area contributed by atoms with E-state index in [1.54, 1.807) is 0 Å². The number of para-hydroxylation sites is 1. The van der Waals surface area contributed by atoms with Crippen molar-refractivity contribution in [1.29, 1.82) is 0 Å². The van der Waals surface area contributed by atoms with Crippen molar-refractivity contribution >= 4 is 16.9 Å². The number of aromatic amines is 1. The number of nitrogens with one attached hydrogen (secondary N) is 3. The van der Waals surface area contributed by atoms with Crippen LogP contribution in [0.15, 0.2) is 30.5 Å². The maximum Gasteiger partial charge on any atom is 0.314 e. The molecule has 0 saturated heterocycles. The molecule has 1 aromatic heterocycles. The second kappa shape index (κ2) is 8.02. The molecule has 1 heterocycles. The molecular formula is C18H27N3O2. The molecule has 0 aliphatic rings. The van der Waals surface area contributed by atoms with Crippen molar-refractivity contribution in [3.63, 3.8) is 0 Å². The van der Waals surface area contributed by atoms with Gasteiger partial charge in [0.1, 0.15) is 0 Å². The highest BCUT2D eigenvalue weighted by Gasteiger charge is 2.22. The summed E-state index contributed by atoms with van der Waals surface area (Å²) in [6.07, 6.45) is 5.08. The number of amides is 2. The van der Waals surface area contributed by atoms with Crippen LogP contribution in [0, 0.1) is 0 Å². The van der Waals surface area contributed by atoms with Crippen LogP contribution in [0.1, 0.15) is 38.7 Å². The van der Waals surface area contributed by atoms with Crippen LogP contribution >= 0.6 is 0 Å². The number of benzene rings is 1. The Labute approximate surface area is 137 Å². The fraction of sp³-hybridized carbons (Fsp3) is 0.500. The lowest BCUT2D eigenvalue weighted by Gasteiger charge is -2.25. The average Bonchev–Trinajstić information content (AvgIpc) is 3.00. The number of aliphatic hydroxyl groups is 1. The number of hydrogen-bond acceptors (Lipinski definition) is 2. The molecular weight excluding hydrogens is 290 g/mol. The van der Waals surface area contributed by atoms with Crippen LogP contribution in [-0.4, -0.2) is 34.8 Å². The van der Waals surface area contributed by atoms with E-state index < -0.39 is 5.60 Å². The first kappa shape index (κ1) is 17.3. The van der Waals surface area contributed by atoms with E-state index in [4.69, 9.17) is 0 Å². The third-order valence-corrected chi connectivity index (χ3v) is 4.48. The first-order chi connectivity index (χ1) is 11.1. The zero-order valence-electron chi connectivity index (χ0n) is 14.0. The first-order valence-electron chi connectivity index (χ1n) is 8.37. The number of rotatable bonds is 8. The molecule has 4 N–H and O–H groups in total. The summed E-state index contributed by atoms with van der Waals surface area (Å²) < 4.78 is 0. The predicted octanol–water partition coefficient (Wildman–Crippen LogP) is 2.95. The van der Waals surface area contributed by atoms with Gasteiger partial charge in [-0.1, -0.05) is 32.0 Å². The number of carbonyl (C=O) groups is 1. The highest BCUT2D eigenvalue weighted by molar-refractivity contribution is 5.83. The molecule has 0 radical (unpaired) electrons. The van der Waals surface area contributed by atoms with E-state index in [2.05, 4.69) is 27.8 Å². The van der Waals surface area contributed by atoms with Crippen molar-refractivity contribution in [1.82, 2.24) is 15.6 Å². The summed E-state index contributed by atoms with van der Waals surface area (Å²) in [7, 11) is 0. The van der Waals surface area contributed by atoms with Gasteiger partial charge in [0.25, 0.3) is 0 Å². The third-order valence-electron chi connectivity index (χ3n) is 4.48. The normalized spacial score (nSPS) is 11.6. The highest BCUT2D eigenvalue weighted by atomic mass is 16.3. The molecule has 0 bridgehead atoms. The van der Waals surface area contributed by atoms with Gasteiger partial charge in [-0.25, -0.2) is 4.79 Å². The van der Waals surface area contributed by atoms with E-state index in [1.807, 2.05) is 32.2 Å². The van der Waals surface area contributed by atoms with Crippen molar-refractivity contribution in [3.8, 4) is 0 Å². The summed E-state index contributed by atoms with van der Waals surface area (Å²) in [5.41, 5.74) is 1.61. The Balaban J connectivity index is 1.70. The largest absolute Gasteiger partial charge is 0.388 e. The number of urea groups is 1. The Morgan fingerprint density at radius 3 is 2.70 bits per heavy atom. The minimum Gasteiger partial charge on any atom is -0.388 e. The molecule has 126 valence electrons. The third kappa shape index (κ3) is 4.73. The van der Waals surface area contributed by atoms with Gasteiger partial charge < -0.3 is 20.7 Å². The van der Waals surface area contributed by atoms with Crippen molar-refractivity contribution in [3.05, 3.63) is 36.0 Å². The van der Waals surface area contributed by atoms with Gasteiger partial charge in [-0.2, -0.15) is 0 Å². The fourth-order valence-electron chi connectivity index (χ4n) is 2.63. The Morgan fingerprint density at radius 2 is 1.96 bits per heavy atom. The molecule has 0 unspecified atom stereocenters. The standard InChI is InChI=1S/C18H27N3O2/c1-3-18(23,4-2)13-21-17(22)19-11-7-8-14-12-20-16-10-6-5-9-15(14)16/h5-6,9-10,12,20,23H,3-4,7-8,11,13H2,1-2H3,(H2,19,21,22). The second-order valence-electron chi connectivity index (χ2n) is 6.00. The van der Waals surface area contributed by atoms with Crippen LogP contribution in [0.2, 0.25) is 0 Å². The molecule has 1 aromatic carbocycles. The van der Waals surface area contributed by atoms with Gasteiger partial charge in [0.05, 0.1) is 5.60 Å². The number of carbonyl (C=O) groups excluding carboxylic acids is 1. The number of H-pyrrole nitrogens is 1. The number of fused-ring (bicyclic) bond motifs is 1. The lowest BCUT2D eigenvalue weighted by Crippen LogP contribution is -2.46. The van der Waals surface area contributed by atoms with Crippen LogP contribution in [0.3, 0.4) is 0 Å². The molecule has 5 heteroatoms. The van der Waals surface area contributed by atoms with Crippen LogP contribution < -0.4 is 10.6 Å². The minimum atomic E-state index is -0.804. The Hall–Kier alpha value is -2.01. The molecule has 0 aliphatic carbocycles. The Morgan fingerprint density at radius 1 is 1.22 bits per heavy atom. The van der Waals surface area contributed by atoms with Gasteiger partial charge in [-0.3, -0.25) is 0 Å². The molecule has 0 atom stereocenters.